The molecule has 0 aromatic heterocycles. The third-order valence-electron chi connectivity index (χ3n) is 4.38. The standard InChI is InChI=1S/C24H37N3O4/c1-8-10-11-25-22(29)21(19-14-17(3)13-18(4)15-19)27(12-9-2)20(28)16-26-23(30)31-24(5,6)7/h9,13-15,21H,2,8,10-12,16H2,1,3-7H3,(H,25,29)(H,26,30). The van der Waals surface area contributed by atoms with Crippen molar-refractivity contribution in [3.63, 3.8) is 0 Å². The molecule has 0 bridgehead atoms. The SMILES string of the molecule is C=CCN(C(=O)CNC(=O)OC(C)(C)C)C(C(=O)NCCCC)c1cc(C)cc(C)c1. The second-order valence-corrected chi connectivity index (χ2v) is 8.66. The normalized spacial score (nSPS) is 11.9. The Bertz CT molecular complexity index is 763. The number of carbonyl (C=O) groups is 3. The van der Waals surface area contributed by atoms with Crippen LogP contribution in [-0.2, 0) is 14.3 Å². The Hall–Kier alpha value is -2.83. The summed E-state index contributed by atoms with van der Waals surface area (Å²) in [6.45, 7) is 15.3. The molecule has 1 rings (SSSR count). The Kier molecular flexibility index (Phi) is 10.3. The first kappa shape index (κ1) is 26.2. The summed E-state index contributed by atoms with van der Waals surface area (Å²) in [4.78, 5) is 39.6. The van der Waals surface area contributed by atoms with Crippen molar-refractivity contribution in [2.75, 3.05) is 19.6 Å². The van der Waals surface area contributed by atoms with Gasteiger partial charge in [0.2, 0.25) is 11.8 Å². The van der Waals surface area contributed by atoms with E-state index in [1.165, 1.54) is 4.90 Å². The summed E-state index contributed by atoms with van der Waals surface area (Å²) >= 11 is 0. The Morgan fingerprint density at radius 1 is 1.13 bits per heavy atom. The van der Waals surface area contributed by atoms with E-state index < -0.39 is 23.6 Å². The highest BCUT2D eigenvalue weighted by molar-refractivity contribution is 5.90. The van der Waals surface area contributed by atoms with Gasteiger partial charge in [-0.2, -0.15) is 0 Å². The van der Waals surface area contributed by atoms with E-state index in [9.17, 15) is 14.4 Å². The number of aryl methyl sites for hydroxylation is 2. The summed E-state index contributed by atoms with van der Waals surface area (Å²) in [5, 5.41) is 5.41. The summed E-state index contributed by atoms with van der Waals surface area (Å²) in [5.74, 6) is -0.661. The van der Waals surface area contributed by atoms with Crippen LogP contribution in [-0.4, -0.2) is 48.0 Å². The number of unbranched alkanes of at least 4 members (excludes halogenated alkanes) is 1. The van der Waals surface area contributed by atoms with Crippen molar-refractivity contribution in [2.45, 2.75) is 66.0 Å². The maximum atomic E-state index is 13.1. The third kappa shape index (κ3) is 9.24. The molecule has 0 spiro atoms. The van der Waals surface area contributed by atoms with Gasteiger partial charge in [0.05, 0.1) is 0 Å². The summed E-state index contributed by atoms with van der Waals surface area (Å²) in [6, 6.07) is 4.99. The van der Waals surface area contributed by atoms with Crippen molar-refractivity contribution in [3.05, 3.63) is 47.5 Å². The Morgan fingerprint density at radius 2 is 1.74 bits per heavy atom. The fourth-order valence-corrected chi connectivity index (χ4v) is 3.18. The van der Waals surface area contributed by atoms with Crippen molar-refractivity contribution in [1.82, 2.24) is 15.5 Å². The van der Waals surface area contributed by atoms with Crippen molar-refractivity contribution in [3.8, 4) is 0 Å². The molecule has 0 saturated heterocycles. The molecule has 1 unspecified atom stereocenters. The van der Waals surface area contributed by atoms with Crippen molar-refractivity contribution >= 4 is 17.9 Å². The molecule has 1 aromatic carbocycles. The Labute approximate surface area is 186 Å². The topological polar surface area (TPSA) is 87.7 Å². The van der Waals surface area contributed by atoms with Crippen LogP contribution in [0.15, 0.2) is 30.9 Å². The molecule has 0 aliphatic heterocycles. The average Bonchev–Trinajstić information content (AvgIpc) is 2.64. The van der Waals surface area contributed by atoms with E-state index >= 15 is 0 Å². The largest absolute Gasteiger partial charge is 0.444 e. The lowest BCUT2D eigenvalue weighted by molar-refractivity contribution is -0.139. The van der Waals surface area contributed by atoms with E-state index in [0.717, 1.165) is 29.5 Å². The number of ether oxygens (including phenoxy) is 1. The van der Waals surface area contributed by atoms with E-state index in [1.807, 2.05) is 39.0 Å². The number of hydrogen-bond donors (Lipinski definition) is 2. The van der Waals surface area contributed by atoms with Crippen LogP contribution in [0.1, 0.15) is 63.3 Å². The van der Waals surface area contributed by atoms with Crippen LogP contribution in [0.3, 0.4) is 0 Å². The van der Waals surface area contributed by atoms with Gasteiger partial charge in [-0.3, -0.25) is 9.59 Å². The molecule has 0 saturated carbocycles. The van der Waals surface area contributed by atoms with Gasteiger partial charge < -0.3 is 20.3 Å². The molecule has 0 fully saturated rings. The van der Waals surface area contributed by atoms with Crippen molar-refractivity contribution in [1.29, 1.82) is 0 Å². The molecule has 0 aliphatic carbocycles. The lowest BCUT2D eigenvalue weighted by Crippen LogP contribution is -2.48. The number of benzene rings is 1. The number of nitrogens with one attached hydrogen (secondary N) is 2. The molecule has 0 radical (unpaired) electrons. The van der Waals surface area contributed by atoms with Crippen LogP contribution in [0.2, 0.25) is 0 Å². The molecule has 31 heavy (non-hydrogen) atoms. The average molecular weight is 432 g/mol. The van der Waals surface area contributed by atoms with E-state index in [1.54, 1.807) is 26.8 Å². The van der Waals surface area contributed by atoms with Crippen LogP contribution in [0.4, 0.5) is 4.79 Å². The molecule has 0 heterocycles. The molecule has 1 atom stereocenters. The van der Waals surface area contributed by atoms with Crippen LogP contribution >= 0.6 is 0 Å². The molecule has 1 aromatic rings. The monoisotopic (exact) mass is 431 g/mol. The van der Waals surface area contributed by atoms with E-state index in [2.05, 4.69) is 17.2 Å². The Balaban J connectivity index is 3.16. The molecule has 2 N–H and O–H groups in total. The first-order valence-electron chi connectivity index (χ1n) is 10.7. The predicted molar refractivity (Wildman–Crippen MR) is 123 cm³/mol. The van der Waals surface area contributed by atoms with Gasteiger partial charge in [-0.15, -0.1) is 6.58 Å². The summed E-state index contributed by atoms with van der Waals surface area (Å²) in [6.07, 6.45) is 2.68. The zero-order valence-corrected chi connectivity index (χ0v) is 19.7. The first-order valence-corrected chi connectivity index (χ1v) is 10.7. The van der Waals surface area contributed by atoms with Gasteiger partial charge in [-0.1, -0.05) is 48.7 Å². The molecule has 7 nitrogen and oxygen atoms in total. The quantitative estimate of drug-likeness (QED) is 0.436. The van der Waals surface area contributed by atoms with Gasteiger partial charge in [0.25, 0.3) is 0 Å². The number of hydrogen-bond acceptors (Lipinski definition) is 4. The highest BCUT2D eigenvalue weighted by Gasteiger charge is 2.31. The number of amides is 3. The Morgan fingerprint density at radius 3 is 2.26 bits per heavy atom. The third-order valence-corrected chi connectivity index (χ3v) is 4.38. The zero-order valence-electron chi connectivity index (χ0n) is 19.7. The van der Waals surface area contributed by atoms with Crippen LogP contribution in [0.5, 0.6) is 0 Å². The molecule has 172 valence electrons. The van der Waals surface area contributed by atoms with Crippen LogP contribution in [0.25, 0.3) is 0 Å². The lowest BCUT2D eigenvalue weighted by Gasteiger charge is -2.31. The maximum absolute atomic E-state index is 13.1. The lowest BCUT2D eigenvalue weighted by atomic mass is 9.99. The van der Waals surface area contributed by atoms with Crippen LogP contribution < -0.4 is 10.6 Å². The van der Waals surface area contributed by atoms with Crippen molar-refractivity contribution < 1.29 is 19.1 Å². The summed E-state index contributed by atoms with van der Waals surface area (Å²) in [7, 11) is 0. The molecule has 7 heteroatoms. The second kappa shape index (κ2) is 12.1. The number of nitrogens with zero attached hydrogens (tertiary/aromatic N) is 1. The minimum absolute atomic E-state index is 0.160. The predicted octanol–water partition coefficient (Wildman–Crippen LogP) is 3.80. The minimum atomic E-state index is -0.832. The molecule has 0 aliphatic rings. The molecular formula is C24H37N3O4. The van der Waals surface area contributed by atoms with Crippen molar-refractivity contribution in [2.24, 2.45) is 0 Å². The number of carbonyl (C=O) groups excluding carboxylic acids is 3. The van der Waals surface area contributed by atoms with Gasteiger partial charge in [-0.25, -0.2) is 4.79 Å². The summed E-state index contributed by atoms with van der Waals surface area (Å²) in [5.41, 5.74) is 2.05. The smallest absolute Gasteiger partial charge is 0.408 e. The highest BCUT2D eigenvalue weighted by atomic mass is 16.6. The van der Waals surface area contributed by atoms with Gasteiger partial charge in [0.15, 0.2) is 0 Å². The van der Waals surface area contributed by atoms with Gasteiger partial charge in [-0.05, 0) is 46.6 Å². The van der Waals surface area contributed by atoms with Gasteiger partial charge >= 0.3 is 6.09 Å². The highest BCUT2D eigenvalue weighted by Crippen LogP contribution is 2.24. The zero-order chi connectivity index (χ0) is 23.6. The fraction of sp³-hybridized carbons (Fsp3) is 0.542. The minimum Gasteiger partial charge on any atom is -0.444 e. The van der Waals surface area contributed by atoms with Gasteiger partial charge in [0.1, 0.15) is 18.2 Å². The first-order chi connectivity index (χ1) is 14.5. The number of rotatable bonds is 10. The van der Waals surface area contributed by atoms with Gasteiger partial charge in [0, 0.05) is 13.1 Å². The van der Waals surface area contributed by atoms with E-state index in [-0.39, 0.29) is 19.0 Å². The molecule has 3 amide bonds. The second-order valence-electron chi connectivity index (χ2n) is 8.66. The molecular weight excluding hydrogens is 394 g/mol. The fourth-order valence-electron chi connectivity index (χ4n) is 3.18. The van der Waals surface area contributed by atoms with E-state index in [0.29, 0.717) is 6.54 Å². The van der Waals surface area contributed by atoms with E-state index in [4.69, 9.17) is 4.74 Å². The maximum Gasteiger partial charge on any atom is 0.408 e. The number of alkyl carbamates (subject to hydrolysis) is 1. The summed E-state index contributed by atoms with van der Waals surface area (Å²) < 4.78 is 5.20. The van der Waals surface area contributed by atoms with Crippen LogP contribution in [0, 0.1) is 13.8 Å².